The van der Waals surface area contributed by atoms with E-state index in [4.69, 9.17) is 20.9 Å². The van der Waals surface area contributed by atoms with E-state index in [9.17, 15) is 14.4 Å². The number of rotatable bonds is 12. The molecule has 0 aliphatic carbocycles. The van der Waals surface area contributed by atoms with E-state index in [-0.39, 0.29) is 32.0 Å². The first kappa shape index (κ1) is 27.8. The Balaban J connectivity index is 1.86. The molecule has 1 atom stereocenters. The molecule has 0 saturated carbocycles. The van der Waals surface area contributed by atoms with Crippen LogP contribution in [0, 0.1) is 6.92 Å². The standard InChI is InChI=1S/C26H34N6O5/c1-17-8-5-6-9-18(17)14-36-15-19(12-21(33)26(2,3)28)24-30-29-23-11-7-10-20(32(23)24)16-37-25(35)31(4)13-22(27)34/h5-11,19H,12-16,28H2,1-4H3,(H2,27,34)/t19-/m1/s1. The van der Waals surface area contributed by atoms with Crippen molar-refractivity contribution in [3.05, 3.63) is 65.1 Å². The summed E-state index contributed by atoms with van der Waals surface area (Å²) in [5, 5.41) is 8.62. The number of aryl methyl sites for hydroxylation is 1. The normalized spacial score (nSPS) is 12.4. The number of primary amides is 1. The molecule has 4 N–H and O–H groups in total. The van der Waals surface area contributed by atoms with Crippen LogP contribution in [0.3, 0.4) is 0 Å². The molecule has 2 aromatic heterocycles. The highest BCUT2D eigenvalue weighted by molar-refractivity contribution is 5.87. The number of Topliss-reactive ketones (excluding diaryl/α,β-unsaturated/α-hetero) is 1. The Labute approximate surface area is 215 Å². The Morgan fingerprint density at radius 3 is 2.49 bits per heavy atom. The number of hydrogen-bond acceptors (Lipinski definition) is 8. The summed E-state index contributed by atoms with van der Waals surface area (Å²) in [5.74, 6) is -0.757. The van der Waals surface area contributed by atoms with Crippen LogP contribution in [0.4, 0.5) is 4.79 Å². The number of hydrogen-bond donors (Lipinski definition) is 2. The number of aromatic nitrogens is 3. The summed E-state index contributed by atoms with van der Waals surface area (Å²) in [6.45, 7) is 5.53. The van der Waals surface area contributed by atoms with Gasteiger partial charge in [-0.25, -0.2) is 4.79 Å². The molecule has 11 heteroatoms. The lowest BCUT2D eigenvalue weighted by Gasteiger charge is -2.22. The fourth-order valence-corrected chi connectivity index (χ4v) is 3.75. The van der Waals surface area contributed by atoms with Crippen molar-refractivity contribution in [2.45, 2.75) is 51.9 Å². The highest BCUT2D eigenvalue weighted by Gasteiger charge is 2.29. The highest BCUT2D eigenvalue weighted by Crippen LogP contribution is 2.24. The number of carbonyl (C=O) groups excluding carboxylic acids is 3. The van der Waals surface area contributed by atoms with Gasteiger partial charge in [0.15, 0.2) is 11.4 Å². The number of likely N-dealkylation sites (N-methyl/N-ethyl adjacent to an activating group) is 1. The number of carbonyl (C=O) groups is 3. The average molecular weight is 511 g/mol. The second kappa shape index (κ2) is 11.9. The summed E-state index contributed by atoms with van der Waals surface area (Å²) in [4.78, 5) is 37.4. The number of benzene rings is 1. The molecule has 0 aliphatic heterocycles. The summed E-state index contributed by atoms with van der Waals surface area (Å²) in [7, 11) is 1.42. The second-order valence-electron chi connectivity index (χ2n) is 9.63. The third kappa shape index (κ3) is 7.34. The van der Waals surface area contributed by atoms with E-state index in [0.717, 1.165) is 16.0 Å². The predicted molar refractivity (Wildman–Crippen MR) is 136 cm³/mol. The minimum atomic E-state index is -1.03. The monoisotopic (exact) mass is 510 g/mol. The van der Waals surface area contributed by atoms with E-state index in [1.165, 1.54) is 7.05 Å². The van der Waals surface area contributed by atoms with Crippen molar-refractivity contribution < 1.29 is 23.9 Å². The van der Waals surface area contributed by atoms with Crippen LogP contribution in [0.15, 0.2) is 42.5 Å². The van der Waals surface area contributed by atoms with Gasteiger partial charge in [-0.1, -0.05) is 30.3 Å². The number of fused-ring (bicyclic) bond motifs is 1. The molecule has 11 nitrogen and oxygen atoms in total. The Morgan fingerprint density at radius 1 is 1.08 bits per heavy atom. The van der Waals surface area contributed by atoms with Gasteiger partial charge in [0.1, 0.15) is 19.0 Å². The zero-order chi connectivity index (χ0) is 27.2. The minimum Gasteiger partial charge on any atom is -0.443 e. The van der Waals surface area contributed by atoms with Gasteiger partial charge >= 0.3 is 6.09 Å². The molecule has 0 bridgehead atoms. The van der Waals surface area contributed by atoms with E-state index < -0.39 is 23.5 Å². The lowest BCUT2D eigenvalue weighted by Crippen LogP contribution is -2.42. The molecule has 0 radical (unpaired) electrons. The van der Waals surface area contributed by atoms with E-state index in [1.54, 1.807) is 36.4 Å². The zero-order valence-corrected chi connectivity index (χ0v) is 21.6. The van der Waals surface area contributed by atoms with Crippen LogP contribution in [0.1, 0.15) is 48.8 Å². The molecule has 198 valence electrons. The third-order valence-corrected chi connectivity index (χ3v) is 5.94. The smallest absolute Gasteiger partial charge is 0.410 e. The first-order valence-corrected chi connectivity index (χ1v) is 11.9. The van der Waals surface area contributed by atoms with E-state index in [2.05, 4.69) is 10.2 Å². The Bertz CT molecular complexity index is 1270. The molecule has 3 aromatic rings. The first-order chi connectivity index (χ1) is 17.5. The fourth-order valence-electron chi connectivity index (χ4n) is 3.75. The molecule has 2 heterocycles. The molecule has 0 unspecified atom stereocenters. The van der Waals surface area contributed by atoms with Gasteiger partial charge in [-0.3, -0.25) is 14.0 Å². The minimum absolute atomic E-state index is 0.0908. The number of amides is 2. The van der Waals surface area contributed by atoms with Crippen LogP contribution in [0.5, 0.6) is 0 Å². The highest BCUT2D eigenvalue weighted by atomic mass is 16.6. The van der Waals surface area contributed by atoms with E-state index >= 15 is 0 Å². The average Bonchev–Trinajstić information content (AvgIpc) is 3.26. The van der Waals surface area contributed by atoms with Gasteiger partial charge in [0.2, 0.25) is 5.91 Å². The number of nitrogens with zero attached hydrogens (tertiary/aromatic N) is 4. The Morgan fingerprint density at radius 2 is 1.81 bits per heavy atom. The van der Waals surface area contributed by atoms with Crippen LogP contribution in [0.2, 0.25) is 0 Å². The Hall–Kier alpha value is -3.83. The van der Waals surface area contributed by atoms with Crippen molar-refractivity contribution in [3.63, 3.8) is 0 Å². The maximum atomic E-state index is 12.9. The van der Waals surface area contributed by atoms with Gasteiger partial charge in [0.25, 0.3) is 0 Å². The molecule has 0 fully saturated rings. The molecule has 2 amide bonds. The first-order valence-electron chi connectivity index (χ1n) is 11.9. The number of pyridine rings is 1. The van der Waals surface area contributed by atoms with Crippen molar-refractivity contribution in [3.8, 4) is 0 Å². The van der Waals surface area contributed by atoms with Crippen LogP contribution < -0.4 is 11.5 Å². The summed E-state index contributed by atoms with van der Waals surface area (Å²) < 4.78 is 13.2. The van der Waals surface area contributed by atoms with Crippen molar-refractivity contribution in [2.75, 3.05) is 20.2 Å². The van der Waals surface area contributed by atoms with Crippen LogP contribution in [-0.4, -0.2) is 63.0 Å². The predicted octanol–water partition coefficient (Wildman–Crippen LogP) is 2.09. The van der Waals surface area contributed by atoms with E-state index in [1.807, 2.05) is 31.2 Å². The van der Waals surface area contributed by atoms with Crippen molar-refractivity contribution in [1.82, 2.24) is 19.5 Å². The zero-order valence-electron chi connectivity index (χ0n) is 21.6. The van der Waals surface area contributed by atoms with Crippen molar-refractivity contribution in [1.29, 1.82) is 0 Å². The topological polar surface area (TPSA) is 155 Å². The van der Waals surface area contributed by atoms with Gasteiger partial charge in [0.05, 0.1) is 24.4 Å². The lowest BCUT2D eigenvalue weighted by atomic mass is 9.91. The summed E-state index contributed by atoms with van der Waals surface area (Å²) in [5.41, 5.74) is 13.5. The Kier molecular flexibility index (Phi) is 8.95. The molecule has 0 aliphatic rings. The summed E-state index contributed by atoms with van der Waals surface area (Å²) >= 11 is 0. The van der Waals surface area contributed by atoms with Crippen LogP contribution in [0.25, 0.3) is 5.65 Å². The number of ether oxygens (including phenoxy) is 2. The molecule has 37 heavy (non-hydrogen) atoms. The van der Waals surface area contributed by atoms with Gasteiger partial charge < -0.3 is 25.8 Å². The molecule has 0 saturated heterocycles. The summed E-state index contributed by atoms with van der Waals surface area (Å²) in [6, 6.07) is 13.2. The quantitative estimate of drug-likeness (QED) is 0.375. The number of ketones is 1. The molecule has 0 spiro atoms. The lowest BCUT2D eigenvalue weighted by molar-refractivity contribution is -0.124. The maximum absolute atomic E-state index is 12.9. The SMILES string of the molecule is Cc1ccccc1COC[C@@H](CC(=O)C(C)(C)N)c1nnc2cccc(COC(=O)N(C)CC(N)=O)n12. The fraction of sp³-hybridized carbons (Fsp3) is 0.423. The van der Waals surface area contributed by atoms with Crippen LogP contribution >= 0.6 is 0 Å². The largest absolute Gasteiger partial charge is 0.443 e. The molecule has 1 aromatic carbocycles. The van der Waals surface area contributed by atoms with Gasteiger partial charge in [-0.05, 0) is 44.0 Å². The van der Waals surface area contributed by atoms with E-state index in [0.29, 0.717) is 23.8 Å². The van der Waals surface area contributed by atoms with Crippen molar-refractivity contribution >= 4 is 23.4 Å². The molecular formula is C26H34N6O5. The number of nitrogens with two attached hydrogens (primary N) is 2. The maximum Gasteiger partial charge on any atom is 0.410 e. The van der Waals surface area contributed by atoms with Gasteiger partial charge in [-0.2, -0.15) is 0 Å². The molecular weight excluding hydrogens is 476 g/mol. The second-order valence-corrected chi connectivity index (χ2v) is 9.63. The third-order valence-electron chi connectivity index (χ3n) is 5.94. The van der Waals surface area contributed by atoms with Crippen LogP contribution in [-0.2, 0) is 32.3 Å². The van der Waals surface area contributed by atoms with Gasteiger partial charge in [-0.15, -0.1) is 10.2 Å². The van der Waals surface area contributed by atoms with Crippen molar-refractivity contribution in [2.24, 2.45) is 11.5 Å². The summed E-state index contributed by atoms with van der Waals surface area (Å²) in [6.07, 6.45) is -0.614. The molecule has 3 rings (SSSR count). The van der Waals surface area contributed by atoms with Gasteiger partial charge in [0, 0.05) is 19.4 Å².